The van der Waals surface area contributed by atoms with Crippen molar-refractivity contribution in [1.82, 2.24) is 4.90 Å². The number of carbonyl (C=O) groups excluding carboxylic acids is 2. The second-order valence-corrected chi connectivity index (χ2v) is 6.61. The molecule has 0 bridgehead atoms. The molecule has 2 fully saturated rings. The molecule has 1 atom stereocenters. The molecular weight excluding hydrogens is 286 g/mol. The molecule has 1 spiro atoms. The Morgan fingerprint density at radius 2 is 1.62 bits per heavy atom. The normalized spacial score (nSPS) is 22.8. The molecule has 112 valence electrons. The number of amides is 2. The molecular formula is C17H20ClNO2. The predicted molar refractivity (Wildman–Crippen MR) is 81.9 cm³/mol. The summed E-state index contributed by atoms with van der Waals surface area (Å²) < 4.78 is 0. The van der Waals surface area contributed by atoms with Crippen molar-refractivity contribution in [2.75, 3.05) is 5.88 Å². The van der Waals surface area contributed by atoms with E-state index in [2.05, 4.69) is 0 Å². The monoisotopic (exact) mass is 305 g/mol. The zero-order chi connectivity index (χ0) is 14.9. The third-order valence-corrected chi connectivity index (χ3v) is 5.19. The fraction of sp³-hybridized carbons (Fsp3) is 0.529. The highest BCUT2D eigenvalue weighted by Crippen LogP contribution is 2.48. The van der Waals surface area contributed by atoms with Gasteiger partial charge in [0.15, 0.2) is 0 Å². The first-order valence-corrected chi connectivity index (χ1v) is 8.14. The molecule has 2 aliphatic rings. The SMILES string of the molecule is O=C1CC2(CCCC2)CC(=O)N1C(CCl)c1ccccc1. The molecule has 1 aliphatic carbocycles. The molecule has 4 heteroatoms. The second-order valence-electron chi connectivity index (χ2n) is 6.30. The van der Waals surface area contributed by atoms with Crippen LogP contribution >= 0.6 is 11.6 Å². The van der Waals surface area contributed by atoms with E-state index in [-0.39, 0.29) is 29.2 Å². The van der Waals surface area contributed by atoms with Crippen LogP contribution in [0.15, 0.2) is 30.3 Å². The van der Waals surface area contributed by atoms with Gasteiger partial charge in [-0.15, -0.1) is 11.6 Å². The van der Waals surface area contributed by atoms with Crippen molar-refractivity contribution in [3.63, 3.8) is 0 Å². The number of hydrogen-bond acceptors (Lipinski definition) is 2. The van der Waals surface area contributed by atoms with Gasteiger partial charge in [-0.2, -0.15) is 0 Å². The molecule has 1 aliphatic heterocycles. The Bertz CT molecular complexity index is 517. The van der Waals surface area contributed by atoms with E-state index in [1.54, 1.807) is 0 Å². The molecule has 0 N–H and O–H groups in total. The molecule has 1 saturated carbocycles. The lowest BCUT2D eigenvalue weighted by molar-refractivity contribution is -0.156. The number of likely N-dealkylation sites (tertiary alicyclic amines) is 1. The van der Waals surface area contributed by atoms with Crippen LogP contribution in [0, 0.1) is 5.41 Å². The van der Waals surface area contributed by atoms with Crippen LogP contribution in [0.1, 0.15) is 50.1 Å². The van der Waals surface area contributed by atoms with Crippen LogP contribution in [0.3, 0.4) is 0 Å². The van der Waals surface area contributed by atoms with Gasteiger partial charge >= 0.3 is 0 Å². The number of carbonyl (C=O) groups is 2. The number of piperidine rings is 1. The lowest BCUT2D eigenvalue weighted by Gasteiger charge is -2.40. The Hall–Kier alpha value is -1.35. The third-order valence-electron chi connectivity index (χ3n) is 4.90. The maximum absolute atomic E-state index is 12.6. The van der Waals surface area contributed by atoms with Crippen molar-refractivity contribution in [2.24, 2.45) is 5.41 Å². The smallest absolute Gasteiger partial charge is 0.230 e. The average molecular weight is 306 g/mol. The highest BCUT2D eigenvalue weighted by atomic mass is 35.5. The van der Waals surface area contributed by atoms with Gasteiger partial charge in [-0.1, -0.05) is 43.2 Å². The molecule has 1 unspecified atom stereocenters. The molecule has 0 aromatic heterocycles. The van der Waals surface area contributed by atoms with Crippen LogP contribution in [-0.2, 0) is 9.59 Å². The van der Waals surface area contributed by atoms with E-state index in [4.69, 9.17) is 11.6 Å². The Kier molecular flexibility index (Phi) is 4.03. The molecule has 3 rings (SSSR count). The van der Waals surface area contributed by atoms with Crippen LogP contribution in [0.25, 0.3) is 0 Å². The summed E-state index contributed by atoms with van der Waals surface area (Å²) in [5.41, 5.74) is 0.870. The number of halogens is 1. The Balaban J connectivity index is 1.85. The molecule has 21 heavy (non-hydrogen) atoms. The van der Waals surface area contributed by atoms with E-state index < -0.39 is 0 Å². The minimum absolute atomic E-state index is 0.0531. The average Bonchev–Trinajstić information content (AvgIpc) is 2.91. The summed E-state index contributed by atoms with van der Waals surface area (Å²) in [5.74, 6) is 0.138. The largest absolute Gasteiger partial charge is 0.274 e. The van der Waals surface area contributed by atoms with Crippen LogP contribution in [-0.4, -0.2) is 22.6 Å². The van der Waals surface area contributed by atoms with Crippen LogP contribution < -0.4 is 0 Å². The Morgan fingerprint density at radius 3 is 2.14 bits per heavy atom. The summed E-state index contributed by atoms with van der Waals surface area (Å²) >= 11 is 6.07. The number of benzene rings is 1. The zero-order valence-corrected chi connectivity index (χ0v) is 12.8. The fourth-order valence-corrected chi connectivity index (χ4v) is 4.14. The summed E-state index contributed by atoms with van der Waals surface area (Å²) in [7, 11) is 0. The molecule has 1 heterocycles. The van der Waals surface area contributed by atoms with E-state index in [0.717, 1.165) is 31.2 Å². The molecule has 0 radical (unpaired) electrons. The van der Waals surface area contributed by atoms with Gasteiger partial charge in [0.05, 0.1) is 6.04 Å². The van der Waals surface area contributed by atoms with E-state index in [1.165, 1.54) is 4.90 Å². The summed E-state index contributed by atoms with van der Waals surface area (Å²) in [4.78, 5) is 26.6. The minimum atomic E-state index is -0.341. The maximum Gasteiger partial charge on any atom is 0.230 e. The van der Waals surface area contributed by atoms with Gasteiger partial charge in [0, 0.05) is 18.7 Å². The predicted octanol–water partition coefficient (Wildman–Crippen LogP) is 3.68. The number of alkyl halides is 1. The van der Waals surface area contributed by atoms with Crippen molar-refractivity contribution < 1.29 is 9.59 Å². The second kappa shape index (κ2) is 5.80. The standard InChI is InChI=1S/C17H20ClNO2/c18-12-14(13-6-2-1-3-7-13)19-15(20)10-17(11-16(19)21)8-4-5-9-17/h1-3,6-7,14H,4-5,8-12H2. The van der Waals surface area contributed by atoms with Gasteiger partial charge < -0.3 is 0 Å². The van der Waals surface area contributed by atoms with E-state index in [0.29, 0.717) is 12.8 Å². The maximum atomic E-state index is 12.6. The van der Waals surface area contributed by atoms with E-state index in [9.17, 15) is 9.59 Å². The van der Waals surface area contributed by atoms with Crippen molar-refractivity contribution in [2.45, 2.75) is 44.6 Å². The quantitative estimate of drug-likeness (QED) is 0.631. The van der Waals surface area contributed by atoms with Gasteiger partial charge in [0.25, 0.3) is 0 Å². The van der Waals surface area contributed by atoms with Crippen LogP contribution in [0.2, 0.25) is 0 Å². The number of nitrogens with zero attached hydrogens (tertiary/aromatic N) is 1. The number of hydrogen-bond donors (Lipinski definition) is 0. The van der Waals surface area contributed by atoms with Crippen LogP contribution in [0.5, 0.6) is 0 Å². The number of rotatable bonds is 3. The number of imide groups is 1. The van der Waals surface area contributed by atoms with Crippen LogP contribution in [0.4, 0.5) is 0 Å². The highest BCUT2D eigenvalue weighted by Gasteiger charge is 2.46. The lowest BCUT2D eigenvalue weighted by atomic mass is 9.76. The molecule has 3 nitrogen and oxygen atoms in total. The molecule has 1 saturated heterocycles. The Labute approximate surface area is 130 Å². The summed E-state index contributed by atoms with van der Waals surface area (Å²) in [6.07, 6.45) is 5.29. The summed E-state index contributed by atoms with van der Waals surface area (Å²) in [6, 6.07) is 9.24. The Morgan fingerprint density at radius 1 is 1.05 bits per heavy atom. The third kappa shape index (κ3) is 2.71. The van der Waals surface area contributed by atoms with E-state index >= 15 is 0 Å². The lowest BCUT2D eigenvalue weighted by Crippen LogP contribution is -2.49. The molecule has 2 amide bonds. The first kappa shape index (κ1) is 14.6. The van der Waals surface area contributed by atoms with Gasteiger partial charge in [-0.05, 0) is 23.8 Å². The van der Waals surface area contributed by atoms with Gasteiger partial charge in [-0.3, -0.25) is 14.5 Å². The van der Waals surface area contributed by atoms with Gasteiger partial charge in [0.1, 0.15) is 0 Å². The fourth-order valence-electron chi connectivity index (χ4n) is 3.82. The summed E-state index contributed by atoms with van der Waals surface area (Å²) in [5, 5.41) is 0. The first-order chi connectivity index (χ1) is 10.2. The molecule has 1 aromatic rings. The first-order valence-electron chi connectivity index (χ1n) is 7.61. The van der Waals surface area contributed by atoms with Gasteiger partial charge in [0.2, 0.25) is 11.8 Å². The van der Waals surface area contributed by atoms with Crippen molar-refractivity contribution in [3.05, 3.63) is 35.9 Å². The zero-order valence-electron chi connectivity index (χ0n) is 12.1. The topological polar surface area (TPSA) is 37.4 Å². The minimum Gasteiger partial charge on any atom is -0.274 e. The molecule has 1 aromatic carbocycles. The van der Waals surface area contributed by atoms with Gasteiger partial charge in [-0.25, -0.2) is 0 Å². The summed E-state index contributed by atoms with van der Waals surface area (Å²) in [6.45, 7) is 0. The van der Waals surface area contributed by atoms with Crippen molar-refractivity contribution >= 4 is 23.4 Å². The van der Waals surface area contributed by atoms with Crippen molar-refractivity contribution in [3.8, 4) is 0 Å². The highest BCUT2D eigenvalue weighted by molar-refractivity contribution is 6.18. The van der Waals surface area contributed by atoms with E-state index in [1.807, 2.05) is 30.3 Å². The van der Waals surface area contributed by atoms with Crippen molar-refractivity contribution in [1.29, 1.82) is 0 Å².